The molecule has 2 fully saturated rings. The quantitative estimate of drug-likeness (QED) is 0.821. The highest BCUT2D eigenvalue weighted by atomic mass is 16.2. The number of rotatable bonds is 7. The molecule has 1 aliphatic heterocycles. The predicted molar refractivity (Wildman–Crippen MR) is 106 cm³/mol. The number of carbonyl (C=O) groups excluding carboxylic acids is 1. The topological polar surface area (TPSA) is 61.1 Å². The fourth-order valence-corrected chi connectivity index (χ4v) is 4.36. The van der Waals surface area contributed by atoms with Crippen molar-refractivity contribution in [1.29, 1.82) is 5.26 Å². The van der Waals surface area contributed by atoms with Crippen LogP contribution >= 0.6 is 0 Å². The van der Waals surface area contributed by atoms with Gasteiger partial charge in [-0.15, -0.1) is 0 Å². The van der Waals surface area contributed by atoms with E-state index in [9.17, 15) is 10.1 Å². The molecule has 1 aromatic heterocycles. The van der Waals surface area contributed by atoms with Gasteiger partial charge in [-0.2, -0.15) is 5.26 Å². The molecule has 2 heterocycles. The van der Waals surface area contributed by atoms with Crippen LogP contribution in [-0.4, -0.2) is 40.5 Å². The van der Waals surface area contributed by atoms with Crippen LogP contribution in [0.2, 0.25) is 0 Å². The molecule has 4 rings (SSSR count). The van der Waals surface area contributed by atoms with Crippen LogP contribution in [0.25, 0.3) is 10.9 Å². The molecule has 142 valence electrons. The number of hydrogen-bond acceptors (Lipinski definition) is 3. The van der Waals surface area contributed by atoms with Gasteiger partial charge in [0.15, 0.2) is 0 Å². The number of nitrogens with one attached hydrogen (secondary N) is 1. The van der Waals surface area contributed by atoms with Crippen LogP contribution in [0, 0.1) is 11.3 Å². The Hall–Kier alpha value is -2.32. The number of aromatic nitrogens is 1. The third-order valence-electron chi connectivity index (χ3n) is 5.99. The molecular weight excluding hydrogens is 336 g/mol. The summed E-state index contributed by atoms with van der Waals surface area (Å²) < 4.78 is 2.31. The van der Waals surface area contributed by atoms with Gasteiger partial charge < -0.3 is 14.8 Å². The Labute approximate surface area is 160 Å². The van der Waals surface area contributed by atoms with Gasteiger partial charge in [-0.1, -0.05) is 6.07 Å². The molecule has 0 unspecified atom stereocenters. The Bertz CT molecular complexity index is 874. The summed E-state index contributed by atoms with van der Waals surface area (Å²) in [6, 6.07) is 11.3. The molecule has 0 spiro atoms. The first-order chi connectivity index (χ1) is 13.2. The summed E-state index contributed by atoms with van der Waals surface area (Å²) >= 11 is 0. The van der Waals surface area contributed by atoms with Gasteiger partial charge in [0.1, 0.15) is 0 Å². The summed E-state index contributed by atoms with van der Waals surface area (Å²) in [5, 5.41) is 13.7. The van der Waals surface area contributed by atoms with Crippen molar-refractivity contribution in [2.45, 2.75) is 64.1 Å². The number of benzene rings is 1. The van der Waals surface area contributed by atoms with Crippen molar-refractivity contribution >= 4 is 16.8 Å². The summed E-state index contributed by atoms with van der Waals surface area (Å²) in [6.45, 7) is 4.44. The number of hydrogen-bond donors (Lipinski definition) is 1. The zero-order valence-corrected chi connectivity index (χ0v) is 16.1. The molecule has 1 saturated heterocycles. The van der Waals surface area contributed by atoms with Gasteiger partial charge in [0.05, 0.1) is 18.2 Å². The molecular formula is C22H28N4O. The molecule has 5 heteroatoms. The van der Waals surface area contributed by atoms with Crippen molar-refractivity contribution in [1.82, 2.24) is 14.8 Å². The highest BCUT2D eigenvalue weighted by Crippen LogP contribution is 2.26. The monoisotopic (exact) mass is 364 g/mol. The lowest BCUT2D eigenvalue weighted by molar-refractivity contribution is -0.131. The van der Waals surface area contributed by atoms with E-state index < -0.39 is 0 Å². The maximum atomic E-state index is 12.6. The Balaban J connectivity index is 1.44. The van der Waals surface area contributed by atoms with Crippen molar-refractivity contribution in [2.75, 3.05) is 13.1 Å². The molecule has 1 aliphatic carbocycles. The second-order valence-corrected chi connectivity index (χ2v) is 7.84. The number of nitriles is 1. The smallest absolute Gasteiger partial charge is 0.236 e. The number of nitrogens with zero attached hydrogens (tertiary/aromatic N) is 3. The molecule has 1 aromatic carbocycles. The van der Waals surface area contributed by atoms with Crippen LogP contribution in [0.4, 0.5) is 0 Å². The average molecular weight is 364 g/mol. The van der Waals surface area contributed by atoms with Crippen LogP contribution in [0.5, 0.6) is 0 Å². The number of carbonyl (C=O) groups is 1. The Kier molecular flexibility index (Phi) is 5.18. The SMILES string of the molecule is CCn1c(CC[C@@H]2CCCN2C(=O)CNC2CC2)cc2ccc(C#N)cc21. The Morgan fingerprint density at radius 2 is 2.15 bits per heavy atom. The molecule has 5 nitrogen and oxygen atoms in total. The van der Waals surface area contributed by atoms with Crippen molar-refractivity contribution in [3.63, 3.8) is 0 Å². The van der Waals surface area contributed by atoms with Crippen LogP contribution in [0.3, 0.4) is 0 Å². The van der Waals surface area contributed by atoms with E-state index in [-0.39, 0.29) is 5.91 Å². The first-order valence-electron chi connectivity index (χ1n) is 10.2. The molecule has 2 aromatic rings. The van der Waals surface area contributed by atoms with Crippen LogP contribution in [-0.2, 0) is 17.8 Å². The predicted octanol–water partition coefficient (Wildman–Crippen LogP) is 3.21. The summed E-state index contributed by atoms with van der Waals surface area (Å²) in [4.78, 5) is 14.7. The Morgan fingerprint density at radius 1 is 1.30 bits per heavy atom. The van der Waals surface area contributed by atoms with Gasteiger partial charge in [0.25, 0.3) is 0 Å². The van der Waals surface area contributed by atoms with Gasteiger partial charge in [-0.3, -0.25) is 4.79 Å². The van der Waals surface area contributed by atoms with E-state index in [1.54, 1.807) is 0 Å². The Morgan fingerprint density at radius 3 is 2.89 bits per heavy atom. The summed E-state index contributed by atoms with van der Waals surface area (Å²) in [5.74, 6) is 0.263. The molecule has 1 amide bonds. The van der Waals surface area contributed by atoms with E-state index in [0.717, 1.165) is 44.3 Å². The first-order valence-corrected chi connectivity index (χ1v) is 10.2. The molecule has 1 N–H and O–H groups in total. The summed E-state index contributed by atoms with van der Waals surface area (Å²) in [7, 11) is 0. The third kappa shape index (κ3) is 3.86. The molecule has 2 aliphatic rings. The zero-order chi connectivity index (χ0) is 18.8. The number of likely N-dealkylation sites (tertiary alicyclic amines) is 1. The van der Waals surface area contributed by atoms with Gasteiger partial charge in [0.2, 0.25) is 5.91 Å². The average Bonchev–Trinajstić information content (AvgIpc) is 3.28. The lowest BCUT2D eigenvalue weighted by Crippen LogP contribution is -2.41. The molecule has 1 saturated carbocycles. The van der Waals surface area contributed by atoms with Crippen molar-refractivity contribution in [3.05, 3.63) is 35.5 Å². The van der Waals surface area contributed by atoms with E-state index in [2.05, 4.69) is 33.8 Å². The fraction of sp³-hybridized carbons (Fsp3) is 0.545. The highest BCUT2D eigenvalue weighted by Gasteiger charge is 2.30. The molecule has 1 atom stereocenters. The second kappa shape index (κ2) is 7.74. The van der Waals surface area contributed by atoms with E-state index in [0.29, 0.717) is 24.2 Å². The van der Waals surface area contributed by atoms with Crippen molar-refractivity contribution in [2.24, 2.45) is 0 Å². The van der Waals surface area contributed by atoms with Crippen molar-refractivity contribution in [3.8, 4) is 6.07 Å². The minimum Gasteiger partial charge on any atom is -0.345 e. The largest absolute Gasteiger partial charge is 0.345 e. The zero-order valence-electron chi connectivity index (χ0n) is 16.1. The maximum absolute atomic E-state index is 12.6. The number of amides is 1. The lowest BCUT2D eigenvalue weighted by atomic mass is 10.1. The van der Waals surface area contributed by atoms with Gasteiger partial charge >= 0.3 is 0 Å². The molecule has 0 bridgehead atoms. The van der Waals surface area contributed by atoms with Crippen LogP contribution < -0.4 is 5.32 Å². The summed E-state index contributed by atoms with van der Waals surface area (Å²) in [5.41, 5.74) is 3.15. The minimum atomic E-state index is 0.263. The number of fused-ring (bicyclic) bond motifs is 1. The number of aryl methyl sites for hydroxylation is 2. The van der Waals surface area contributed by atoms with Crippen LogP contribution in [0.15, 0.2) is 24.3 Å². The minimum absolute atomic E-state index is 0.263. The molecule has 0 radical (unpaired) electrons. The lowest BCUT2D eigenvalue weighted by Gasteiger charge is -2.25. The normalized spacial score (nSPS) is 19.6. The maximum Gasteiger partial charge on any atom is 0.236 e. The fourth-order valence-electron chi connectivity index (χ4n) is 4.36. The van der Waals surface area contributed by atoms with E-state index in [1.807, 2.05) is 18.2 Å². The van der Waals surface area contributed by atoms with Crippen LogP contribution in [0.1, 0.15) is 50.3 Å². The van der Waals surface area contributed by atoms with Gasteiger partial charge in [-0.05, 0) is 69.0 Å². The highest BCUT2D eigenvalue weighted by molar-refractivity contribution is 5.83. The first kappa shape index (κ1) is 18.1. The van der Waals surface area contributed by atoms with E-state index in [1.165, 1.54) is 23.9 Å². The summed E-state index contributed by atoms with van der Waals surface area (Å²) in [6.07, 6.45) is 6.63. The van der Waals surface area contributed by atoms with E-state index in [4.69, 9.17) is 0 Å². The van der Waals surface area contributed by atoms with Gasteiger partial charge in [-0.25, -0.2) is 0 Å². The standard InChI is InChI=1S/C22H28N4O/c1-2-25-20(13-17-6-5-16(14-23)12-21(17)25)10-9-19-4-3-11-26(19)22(27)15-24-18-7-8-18/h5-6,12-13,18-19,24H,2-4,7-11,15H2,1H3/t19-/m0/s1. The van der Waals surface area contributed by atoms with Crippen molar-refractivity contribution < 1.29 is 4.79 Å². The van der Waals surface area contributed by atoms with E-state index >= 15 is 0 Å². The second-order valence-electron chi connectivity index (χ2n) is 7.84. The van der Waals surface area contributed by atoms with Gasteiger partial charge in [0, 0.05) is 36.4 Å². The molecule has 27 heavy (non-hydrogen) atoms. The third-order valence-corrected chi connectivity index (χ3v) is 5.99.